The molecule has 0 aliphatic carbocycles. The lowest BCUT2D eigenvalue weighted by molar-refractivity contribution is 0.0630. The van der Waals surface area contributed by atoms with Crippen LogP contribution in [-0.2, 0) is 4.74 Å². The molecule has 1 aliphatic rings. The summed E-state index contributed by atoms with van der Waals surface area (Å²) in [6.45, 7) is 1.84. The van der Waals surface area contributed by atoms with E-state index >= 15 is 0 Å². The van der Waals surface area contributed by atoms with Crippen LogP contribution in [0.2, 0.25) is 0 Å². The van der Waals surface area contributed by atoms with Gasteiger partial charge in [-0.3, -0.25) is 4.79 Å². The zero-order chi connectivity index (χ0) is 13.5. The highest BCUT2D eigenvalue weighted by Gasteiger charge is 2.14. The maximum atomic E-state index is 12.1. The van der Waals surface area contributed by atoms with Crippen molar-refractivity contribution < 1.29 is 9.53 Å². The Morgan fingerprint density at radius 1 is 1.21 bits per heavy atom. The second-order valence-corrected chi connectivity index (χ2v) is 6.37. The standard InChI is InChI=1S/C16H21IO2/c17-15-7-3-2-6-14(15)16(18)8-4-1-5-13-9-11-19-12-10-13/h2-3,6-7,13H,1,4-5,8-12H2. The number of hydrogen-bond acceptors (Lipinski definition) is 2. The van der Waals surface area contributed by atoms with Crippen molar-refractivity contribution in [3.8, 4) is 0 Å². The summed E-state index contributed by atoms with van der Waals surface area (Å²) in [6.07, 6.45) is 6.52. The molecule has 0 radical (unpaired) electrons. The Labute approximate surface area is 129 Å². The number of hydrogen-bond donors (Lipinski definition) is 0. The van der Waals surface area contributed by atoms with Crippen LogP contribution in [0.1, 0.15) is 48.9 Å². The van der Waals surface area contributed by atoms with Crippen LogP contribution in [0, 0.1) is 9.49 Å². The fraction of sp³-hybridized carbons (Fsp3) is 0.562. The number of halogens is 1. The van der Waals surface area contributed by atoms with E-state index < -0.39 is 0 Å². The third-order valence-electron chi connectivity index (χ3n) is 3.78. The Bertz CT molecular complexity index is 411. The molecule has 0 aromatic heterocycles. The lowest BCUT2D eigenvalue weighted by Crippen LogP contribution is -2.15. The van der Waals surface area contributed by atoms with Gasteiger partial charge in [0.05, 0.1) is 0 Å². The predicted molar refractivity (Wildman–Crippen MR) is 85.5 cm³/mol. The summed E-state index contributed by atoms with van der Waals surface area (Å²) >= 11 is 2.24. The van der Waals surface area contributed by atoms with Crippen LogP contribution < -0.4 is 0 Å². The number of benzene rings is 1. The highest BCUT2D eigenvalue weighted by atomic mass is 127. The van der Waals surface area contributed by atoms with Crippen LogP contribution in [0.5, 0.6) is 0 Å². The van der Waals surface area contributed by atoms with Crippen molar-refractivity contribution in [2.75, 3.05) is 13.2 Å². The number of ketones is 1. The molecule has 3 heteroatoms. The molecule has 0 amide bonds. The number of carbonyl (C=O) groups excluding carboxylic acids is 1. The van der Waals surface area contributed by atoms with Gasteiger partial charge < -0.3 is 4.74 Å². The molecule has 1 aromatic carbocycles. The molecule has 0 bridgehead atoms. The molecule has 0 spiro atoms. The Balaban J connectivity index is 1.68. The van der Waals surface area contributed by atoms with Crippen LogP contribution >= 0.6 is 22.6 Å². The van der Waals surface area contributed by atoms with Gasteiger partial charge in [0.25, 0.3) is 0 Å². The average Bonchev–Trinajstić information content (AvgIpc) is 2.45. The minimum Gasteiger partial charge on any atom is -0.381 e. The Morgan fingerprint density at radius 2 is 1.95 bits per heavy atom. The predicted octanol–water partition coefficient (Wildman–Crippen LogP) is 4.46. The van der Waals surface area contributed by atoms with Crippen molar-refractivity contribution in [3.05, 3.63) is 33.4 Å². The van der Waals surface area contributed by atoms with Gasteiger partial charge in [-0.05, 0) is 53.8 Å². The van der Waals surface area contributed by atoms with E-state index in [4.69, 9.17) is 4.74 Å². The van der Waals surface area contributed by atoms with Gasteiger partial charge in [-0.25, -0.2) is 0 Å². The van der Waals surface area contributed by atoms with Gasteiger partial charge in [0.1, 0.15) is 0 Å². The van der Waals surface area contributed by atoms with Gasteiger partial charge in [-0.2, -0.15) is 0 Å². The minimum absolute atomic E-state index is 0.289. The van der Waals surface area contributed by atoms with E-state index in [0.717, 1.165) is 34.7 Å². The third kappa shape index (κ3) is 4.88. The number of unbranched alkanes of at least 4 members (excludes halogenated alkanes) is 1. The Morgan fingerprint density at radius 3 is 2.68 bits per heavy atom. The van der Waals surface area contributed by atoms with Gasteiger partial charge in [0.2, 0.25) is 0 Å². The summed E-state index contributed by atoms with van der Waals surface area (Å²) in [4.78, 5) is 12.1. The highest BCUT2D eigenvalue weighted by molar-refractivity contribution is 14.1. The van der Waals surface area contributed by atoms with Crippen molar-refractivity contribution in [1.29, 1.82) is 0 Å². The van der Waals surface area contributed by atoms with Gasteiger partial charge >= 0.3 is 0 Å². The van der Waals surface area contributed by atoms with Gasteiger partial charge in [-0.1, -0.05) is 31.0 Å². The molecule has 1 saturated heterocycles. The SMILES string of the molecule is O=C(CCCCC1CCOCC1)c1ccccc1I. The second-order valence-electron chi connectivity index (χ2n) is 5.20. The van der Waals surface area contributed by atoms with Crippen LogP contribution in [0.3, 0.4) is 0 Å². The van der Waals surface area contributed by atoms with Crippen molar-refractivity contribution >= 4 is 28.4 Å². The molecule has 1 aromatic rings. The first-order valence-corrected chi connectivity index (χ1v) is 8.20. The number of Topliss-reactive ketones (excluding diaryl/α,β-unsaturated/α-hetero) is 1. The van der Waals surface area contributed by atoms with Gasteiger partial charge in [0, 0.05) is 28.8 Å². The van der Waals surface area contributed by atoms with Crippen molar-refractivity contribution in [2.45, 2.75) is 38.5 Å². The molecule has 104 valence electrons. The summed E-state index contributed by atoms with van der Waals surface area (Å²) in [5.41, 5.74) is 0.883. The first-order chi connectivity index (χ1) is 9.27. The number of carbonyl (C=O) groups is 1. The van der Waals surface area contributed by atoms with Crippen molar-refractivity contribution in [1.82, 2.24) is 0 Å². The molecule has 1 heterocycles. The molecule has 2 nitrogen and oxygen atoms in total. The lowest BCUT2D eigenvalue weighted by atomic mass is 9.93. The zero-order valence-electron chi connectivity index (χ0n) is 11.2. The van der Waals surface area contributed by atoms with E-state index in [1.54, 1.807) is 0 Å². The summed E-state index contributed by atoms with van der Waals surface area (Å²) in [7, 11) is 0. The molecule has 1 aliphatic heterocycles. The molecule has 1 fully saturated rings. The zero-order valence-corrected chi connectivity index (χ0v) is 13.4. The fourth-order valence-electron chi connectivity index (χ4n) is 2.58. The largest absolute Gasteiger partial charge is 0.381 e. The molecule has 0 saturated carbocycles. The fourth-order valence-corrected chi connectivity index (χ4v) is 3.26. The van der Waals surface area contributed by atoms with E-state index in [1.165, 1.54) is 25.7 Å². The average molecular weight is 372 g/mol. The maximum Gasteiger partial charge on any atom is 0.163 e. The molecule has 19 heavy (non-hydrogen) atoms. The normalized spacial score (nSPS) is 16.5. The summed E-state index contributed by atoms with van der Waals surface area (Å²) in [5, 5.41) is 0. The molecular formula is C16H21IO2. The molecule has 2 rings (SSSR count). The highest BCUT2D eigenvalue weighted by Crippen LogP contribution is 2.22. The van der Waals surface area contributed by atoms with Crippen molar-refractivity contribution in [3.63, 3.8) is 0 Å². The quantitative estimate of drug-likeness (QED) is 0.419. The Kier molecular flexibility index (Phi) is 6.31. The smallest absolute Gasteiger partial charge is 0.163 e. The third-order valence-corrected chi connectivity index (χ3v) is 4.72. The van der Waals surface area contributed by atoms with Crippen LogP contribution in [-0.4, -0.2) is 19.0 Å². The number of rotatable bonds is 6. The lowest BCUT2D eigenvalue weighted by Gasteiger charge is -2.21. The molecule has 0 atom stereocenters. The monoisotopic (exact) mass is 372 g/mol. The maximum absolute atomic E-state index is 12.1. The van der Waals surface area contributed by atoms with Crippen LogP contribution in [0.25, 0.3) is 0 Å². The molecular weight excluding hydrogens is 351 g/mol. The molecule has 0 unspecified atom stereocenters. The van der Waals surface area contributed by atoms with Crippen molar-refractivity contribution in [2.24, 2.45) is 5.92 Å². The van der Waals surface area contributed by atoms with Crippen LogP contribution in [0.15, 0.2) is 24.3 Å². The number of ether oxygens (including phenoxy) is 1. The van der Waals surface area contributed by atoms with E-state index in [1.807, 2.05) is 24.3 Å². The summed E-state index contributed by atoms with van der Waals surface area (Å²) in [6, 6.07) is 7.85. The van der Waals surface area contributed by atoms with Gasteiger partial charge in [-0.15, -0.1) is 0 Å². The Hall–Kier alpha value is -0.420. The summed E-state index contributed by atoms with van der Waals surface area (Å²) < 4.78 is 6.42. The van der Waals surface area contributed by atoms with Gasteiger partial charge in [0.15, 0.2) is 5.78 Å². The van der Waals surface area contributed by atoms with E-state index in [0.29, 0.717) is 6.42 Å². The summed E-state index contributed by atoms with van der Waals surface area (Å²) in [5.74, 6) is 1.11. The first kappa shape index (κ1) is 15.0. The van der Waals surface area contributed by atoms with E-state index in [9.17, 15) is 4.79 Å². The second kappa shape index (κ2) is 8.00. The van der Waals surface area contributed by atoms with E-state index in [2.05, 4.69) is 22.6 Å². The van der Waals surface area contributed by atoms with E-state index in [-0.39, 0.29) is 5.78 Å². The first-order valence-electron chi connectivity index (χ1n) is 7.13. The minimum atomic E-state index is 0.289. The topological polar surface area (TPSA) is 26.3 Å². The molecule has 0 N–H and O–H groups in total. The van der Waals surface area contributed by atoms with Crippen LogP contribution in [0.4, 0.5) is 0 Å².